The fraction of sp³-hybridized carbons (Fsp3) is 0.579. The van der Waals surface area contributed by atoms with Crippen molar-refractivity contribution in [3.05, 3.63) is 29.8 Å². The minimum Gasteiger partial charge on any atom is -0.311 e. The molecule has 128 valence electrons. The molecular weight excluding hydrogens is 300 g/mol. The molecule has 5 heteroatoms. The highest BCUT2D eigenvalue weighted by molar-refractivity contribution is 5.99. The van der Waals surface area contributed by atoms with Gasteiger partial charge in [-0.1, -0.05) is 6.92 Å². The van der Waals surface area contributed by atoms with Crippen LogP contribution in [0.4, 0.5) is 5.69 Å². The summed E-state index contributed by atoms with van der Waals surface area (Å²) in [7, 11) is 0. The Labute approximate surface area is 144 Å². The van der Waals surface area contributed by atoms with Crippen LogP contribution < -0.4 is 4.90 Å². The fourth-order valence-corrected chi connectivity index (χ4v) is 3.82. The molecule has 1 aromatic rings. The van der Waals surface area contributed by atoms with E-state index in [0.717, 1.165) is 57.8 Å². The van der Waals surface area contributed by atoms with Gasteiger partial charge >= 0.3 is 0 Å². The van der Waals surface area contributed by atoms with E-state index in [0.29, 0.717) is 5.56 Å². The third-order valence-corrected chi connectivity index (χ3v) is 5.09. The lowest BCUT2D eigenvalue weighted by Gasteiger charge is -2.26. The molecule has 0 N–H and O–H groups in total. The normalized spacial score (nSPS) is 23.2. The molecule has 2 heterocycles. The van der Waals surface area contributed by atoms with Crippen LogP contribution in [0, 0.1) is 11.3 Å². The van der Waals surface area contributed by atoms with E-state index in [1.807, 2.05) is 17.0 Å². The number of amides is 1. The Morgan fingerprint density at radius 2 is 1.92 bits per heavy atom. The summed E-state index contributed by atoms with van der Waals surface area (Å²) < 4.78 is 0. The van der Waals surface area contributed by atoms with Crippen LogP contribution in [0.2, 0.25) is 0 Å². The highest BCUT2D eigenvalue weighted by Gasteiger charge is 2.37. The Hall–Kier alpha value is -1.90. The number of carbonyl (C=O) groups is 1. The van der Waals surface area contributed by atoms with Gasteiger partial charge in [-0.15, -0.1) is 0 Å². The summed E-state index contributed by atoms with van der Waals surface area (Å²) in [6, 6.07) is 9.46. The summed E-state index contributed by atoms with van der Waals surface area (Å²) in [6.45, 7) is 8.35. The summed E-state index contributed by atoms with van der Waals surface area (Å²) in [4.78, 5) is 19.6. The molecule has 0 radical (unpaired) electrons. The first-order chi connectivity index (χ1) is 11.7. The van der Waals surface area contributed by atoms with Crippen molar-refractivity contribution in [1.29, 1.82) is 5.26 Å². The van der Waals surface area contributed by atoms with Crippen molar-refractivity contribution in [2.75, 3.05) is 44.2 Å². The molecule has 0 bridgehead atoms. The lowest BCUT2D eigenvalue weighted by molar-refractivity contribution is -0.121. The summed E-state index contributed by atoms with van der Waals surface area (Å²) in [5.74, 6) is 0.212. The lowest BCUT2D eigenvalue weighted by Crippen LogP contribution is -2.43. The SMILES string of the molecule is CCCN1CCCN([C@@H]2CCN(c3ccc(C#N)cc3)C2=O)CC1. The zero-order valence-electron chi connectivity index (χ0n) is 14.4. The maximum absolute atomic E-state index is 12.9. The number of nitrogens with zero attached hydrogens (tertiary/aromatic N) is 4. The van der Waals surface area contributed by atoms with Crippen molar-refractivity contribution >= 4 is 11.6 Å². The van der Waals surface area contributed by atoms with Crippen molar-refractivity contribution in [2.24, 2.45) is 0 Å². The van der Waals surface area contributed by atoms with Gasteiger partial charge in [-0.25, -0.2) is 0 Å². The number of hydrogen-bond donors (Lipinski definition) is 0. The summed E-state index contributed by atoms with van der Waals surface area (Å²) in [5.41, 5.74) is 1.54. The van der Waals surface area contributed by atoms with Crippen LogP contribution in [0.3, 0.4) is 0 Å². The predicted octanol–water partition coefficient (Wildman–Crippen LogP) is 2.08. The van der Waals surface area contributed by atoms with Gasteiger partial charge < -0.3 is 9.80 Å². The first-order valence-electron chi connectivity index (χ1n) is 9.01. The molecule has 0 aromatic heterocycles. The van der Waals surface area contributed by atoms with Crippen molar-refractivity contribution in [3.8, 4) is 6.07 Å². The van der Waals surface area contributed by atoms with Crippen molar-refractivity contribution in [3.63, 3.8) is 0 Å². The highest BCUT2D eigenvalue weighted by atomic mass is 16.2. The average molecular weight is 326 g/mol. The summed E-state index contributed by atoms with van der Waals surface area (Å²) >= 11 is 0. The van der Waals surface area contributed by atoms with Crippen LogP contribution in [0.5, 0.6) is 0 Å². The van der Waals surface area contributed by atoms with Gasteiger partial charge in [-0.3, -0.25) is 9.69 Å². The van der Waals surface area contributed by atoms with Gasteiger partial charge in [0.05, 0.1) is 17.7 Å². The molecule has 0 unspecified atom stereocenters. The minimum atomic E-state index is 0.0159. The topological polar surface area (TPSA) is 50.6 Å². The Morgan fingerprint density at radius 1 is 1.12 bits per heavy atom. The quantitative estimate of drug-likeness (QED) is 0.850. The highest BCUT2D eigenvalue weighted by Crippen LogP contribution is 2.25. The van der Waals surface area contributed by atoms with Crippen LogP contribution in [0.1, 0.15) is 31.7 Å². The van der Waals surface area contributed by atoms with E-state index in [-0.39, 0.29) is 11.9 Å². The van der Waals surface area contributed by atoms with Gasteiger partial charge in [0.1, 0.15) is 0 Å². The standard InChI is InChI=1S/C19H26N4O/c1-2-9-21-10-3-11-22(14-13-21)18-8-12-23(19(18)24)17-6-4-16(15-20)5-7-17/h4-7,18H,2-3,8-14H2,1H3/t18-/m1/s1. The van der Waals surface area contributed by atoms with E-state index in [2.05, 4.69) is 22.8 Å². The maximum Gasteiger partial charge on any atom is 0.244 e. The van der Waals surface area contributed by atoms with Gasteiger partial charge in [0.15, 0.2) is 0 Å². The number of rotatable bonds is 4. The third-order valence-electron chi connectivity index (χ3n) is 5.09. The van der Waals surface area contributed by atoms with Crippen LogP contribution >= 0.6 is 0 Å². The van der Waals surface area contributed by atoms with Crippen LogP contribution in [-0.2, 0) is 4.79 Å². The molecule has 2 fully saturated rings. The second kappa shape index (κ2) is 7.78. The van der Waals surface area contributed by atoms with Gasteiger partial charge in [-0.05, 0) is 56.6 Å². The summed E-state index contributed by atoms with van der Waals surface area (Å²) in [5, 5.41) is 8.90. The molecule has 1 aromatic carbocycles. The largest absolute Gasteiger partial charge is 0.311 e. The third kappa shape index (κ3) is 3.61. The van der Waals surface area contributed by atoms with Crippen molar-refractivity contribution < 1.29 is 4.79 Å². The van der Waals surface area contributed by atoms with Crippen LogP contribution in [0.25, 0.3) is 0 Å². The molecule has 2 aliphatic heterocycles. The van der Waals surface area contributed by atoms with Gasteiger partial charge in [-0.2, -0.15) is 5.26 Å². The smallest absolute Gasteiger partial charge is 0.244 e. The molecule has 0 spiro atoms. The number of hydrogen-bond acceptors (Lipinski definition) is 4. The number of anilines is 1. The number of nitriles is 1. The van der Waals surface area contributed by atoms with Gasteiger partial charge in [0.25, 0.3) is 0 Å². The second-order valence-electron chi connectivity index (χ2n) is 6.68. The fourth-order valence-electron chi connectivity index (χ4n) is 3.82. The summed E-state index contributed by atoms with van der Waals surface area (Å²) in [6.07, 6.45) is 3.22. The Balaban J connectivity index is 1.64. The monoisotopic (exact) mass is 326 g/mol. The zero-order valence-corrected chi connectivity index (χ0v) is 14.4. The first-order valence-corrected chi connectivity index (χ1v) is 9.01. The van der Waals surface area contributed by atoms with Crippen molar-refractivity contribution in [1.82, 2.24) is 9.80 Å². The molecule has 0 aliphatic carbocycles. The number of benzene rings is 1. The molecule has 5 nitrogen and oxygen atoms in total. The molecular formula is C19H26N4O. The number of carbonyl (C=O) groups excluding carboxylic acids is 1. The van der Waals surface area contributed by atoms with Gasteiger partial charge in [0, 0.05) is 31.9 Å². The molecule has 2 aliphatic rings. The zero-order chi connectivity index (χ0) is 16.9. The maximum atomic E-state index is 12.9. The lowest BCUT2D eigenvalue weighted by atomic mass is 10.2. The average Bonchev–Trinajstić information content (AvgIpc) is 2.84. The molecule has 3 rings (SSSR count). The van der Waals surface area contributed by atoms with Gasteiger partial charge in [0.2, 0.25) is 5.91 Å². The molecule has 0 saturated carbocycles. The van der Waals surface area contributed by atoms with E-state index < -0.39 is 0 Å². The first kappa shape index (κ1) is 16.9. The van der Waals surface area contributed by atoms with Crippen molar-refractivity contribution in [2.45, 2.75) is 32.2 Å². The minimum absolute atomic E-state index is 0.0159. The van der Waals surface area contributed by atoms with E-state index in [4.69, 9.17) is 5.26 Å². The van der Waals surface area contributed by atoms with E-state index in [1.165, 1.54) is 6.42 Å². The van der Waals surface area contributed by atoms with E-state index >= 15 is 0 Å². The Kier molecular flexibility index (Phi) is 5.49. The Bertz CT molecular complexity index is 607. The van der Waals surface area contributed by atoms with Crippen LogP contribution in [-0.4, -0.2) is 61.0 Å². The van der Waals surface area contributed by atoms with Crippen LogP contribution in [0.15, 0.2) is 24.3 Å². The van der Waals surface area contributed by atoms with E-state index in [1.54, 1.807) is 12.1 Å². The molecule has 24 heavy (non-hydrogen) atoms. The Morgan fingerprint density at radius 3 is 2.62 bits per heavy atom. The molecule has 1 amide bonds. The molecule has 1 atom stereocenters. The predicted molar refractivity (Wildman–Crippen MR) is 94.8 cm³/mol. The molecule has 2 saturated heterocycles. The second-order valence-corrected chi connectivity index (χ2v) is 6.68. The van der Waals surface area contributed by atoms with E-state index in [9.17, 15) is 4.79 Å².